The van der Waals surface area contributed by atoms with Gasteiger partial charge in [0.1, 0.15) is 0 Å². The molecule has 0 saturated heterocycles. The van der Waals surface area contributed by atoms with Crippen molar-refractivity contribution in [1.82, 2.24) is 10.6 Å². The second-order valence-electron chi connectivity index (χ2n) is 4.74. The van der Waals surface area contributed by atoms with Crippen LogP contribution in [-0.4, -0.2) is 39.3 Å². The molecule has 1 amide bonds. The van der Waals surface area contributed by atoms with Crippen molar-refractivity contribution in [2.24, 2.45) is 0 Å². The number of methoxy groups -OCH3 is 1. The smallest absolute Gasteiger partial charge is 0.387 e. The number of rotatable bonds is 6. The molecule has 0 spiro atoms. The third kappa shape index (κ3) is 5.69. The molecule has 1 aliphatic heterocycles. The Balaban J connectivity index is 0.00000264. The number of hydrogen-bond donors (Lipinski definition) is 2. The number of alkyl halides is 2. The van der Waals surface area contributed by atoms with Gasteiger partial charge >= 0.3 is 6.61 Å². The zero-order valence-corrected chi connectivity index (χ0v) is 13.4. The molecule has 0 saturated carbocycles. The van der Waals surface area contributed by atoms with E-state index in [-0.39, 0.29) is 35.4 Å². The first-order chi connectivity index (χ1) is 10.6. The highest BCUT2D eigenvalue weighted by atomic mass is 35.5. The molecule has 8 heteroatoms. The summed E-state index contributed by atoms with van der Waals surface area (Å²) in [7, 11) is 1.34. The Labute approximate surface area is 139 Å². The molecule has 0 bridgehead atoms. The van der Waals surface area contributed by atoms with E-state index in [0.29, 0.717) is 6.54 Å². The molecule has 5 nitrogen and oxygen atoms in total. The van der Waals surface area contributed by atoms with Crippen molar-refractivity contribution in [3.05, 3.63) is 35.4 Å². The van der Waals surface area contributed by atoms with Crippen LogP contribution in [0.1, 0.15) is 16.8 Å². The van der Waals surface area contributed by atoms with E-state index in [4.69, 9.17) is 4.74 Å². The number of benzene rings is 1. The molecule has 2 N–H and O–H groups in total. The van der Waals surface area contributed by atoms with Gasteiger partial charge in [0.15, 0.2) is 11.5 Å². The van der Waals surface area contributed by atoms with Crippen molar-refractivity contribution in [3.63, 3.8) is 0 Å². The topological polar surface area (TPSA) is 59.6 Å². The van der Waals surface area contributed by atoms with Crippen LogP contribution in [-0.2, 0) is 0 Å². The van der Waals surface area contributed by atoms with E-state index in [2.05, 4.69) is 15.4 Å². The van der Waals surface area contributed by atoms with Gasteiger partial charge in [-0.05, 0) is 31.2 Å². The minimum absolute atomic E-state index is 0. The fourth-order valence-electron chi connectivity index (χ4n) is 2.13. The van der Waals surface area contributed by atoms with Gasteiger partial charge in [0.25, 0.3) is 5.91 Å². The molecular formula is C15H19ClF2N2O3. The molecule has 0 radical (unpaired) electrons. The average molecular weight is 349 g/mol. The van der Waals surface area contributed by atoms with E-state index in [9.17, 15) is 13.6 Å². The molecule has 0 aliphatic carbocycles. The average Bonchev–Trinajstić information content (AvgIpc) is 2.53. The first-order valence-corrected chi connectivity index (χ1v) is 6.90. The van der Waals surface area contributed by atoms with Gasteiger partial charge in [-0.3, -0.25) is 4.79 Å². The molecule has 1 aromatic carbocycles. The van der Waals surface area contributed by atoms with Gasteiger partial charge in [-0.1, -0.05) is 11.6 Å². The third-order valence-electron chi connectivity index (χ3n) is 3.28. The van der Waals surface area contributed by atoms with Crippen molar-refractivity contribution in [2.45, 2.75) is 13.0 Å². The highest BCUT2D eigenvalue weighted by Gasteiger charge is 2.15. The standard InChI is InChI=1S/C15H18F2N2O3.ClH/c1-21-12-3-2-11(8-13(12)22-15(16)17)14(20)19-9-10-4-6-18-7-5-10;/h2-4,8,15,18H,5-7,9H2,1H3,(H,19,20);1H. The Bertz CT molecular complexity index is 568. The Hall–Kier alpha value is -1.86. The molecule has 0 aromatic heterocycles. The fourth-order valence-corrected chi connectivity index (χ4v) is 2.13. The second-order valence-corrected chi connectivity index (χ2v) is 4.74. The second kappa shape index (κ2) is 9.32. The zero-order chi connectivity index (χ0) is 15.9. The van der Waals surface area contributed by atoms with E-state index >= 15 is 0 Å². The summed E-state index contributed by atoms with van der Waals surface area (Å²) in [5.41, 5.74) is 1.38. The maximum atomic E-state index is 12.4. The van der Waals surface area contributed by atoms with Crippen LogP contribution in [0, 0.1) is 0 Å². The number of halogens is 3. The highest BCUT2D eigenvalue weighted by Crippen LogP contribution is 2.29. The number of amides is 1. The zero-order valence-electron chi connectivity index (χ0n) is 12.6. The van der Waals surface area contributed by atoms with Crippen LogP contribution >= 0.6 is 12.4 Å². The normalized spacial score (nSPS) is 13.8. The van der Waals surface area contributed by atoms with Gasteiger partial charge < -0.3 is 20.1 Å². The quantitative estimate of drug-likeness (QED) is 0.775. The maximum Gasteiger partial charge on any atom is 0.387 e. The first-order valence-electron chi connectivity index (χ1n) is 6.90. The summed E-state index contributed by atoms with van der Waals surface area (Å²) in [5.74, 6) is -0.356. The summed E-state index contributed by atoms with van der Waals surface area (Å²) in [6, 6.07) is 4.18. The minimum atomic E-state index is -2.98. The molecule has 0 atom stereocenters. The third-order valence-corrected chi connectivity index (χ3v) is 3.28. The molecule has 2 rings (SSSR count). The Morgan fingerprint density at radius 3 is 2.78 bits per heavy atom. The number of nitrogens with one attached hydrogen (secondary N) is 2. The SMILES string of the molecule is COc1ccc(C(=O)NCC2=CCNCC2)cc1OC(F)F.Cl. The van der Waals surface area contributed by atoms with Crippen LogP contribution in [0.25, 0.3) is 0 Å². The van der Waals surface area contributed by atoms with E-state index < -0.39 is 6.61 Å². The molecule has 128 valence electrons. The lowest BCUT2D eigenvalue weighted by atomic mass is 10.1. The van der Waals surface area contributed by atoms with Gasteiger partial charge in [-0.2, -0.15) is 8.78 Å². The predicted octanol–water partition coefficient (Wildman–Crippen LogP) is 2.37. The lowest BCUT2D eigenvalue weighted by Gasteiger charge is -2.15. The molecule has 0 unspecified atom stereocenters. The summed E-state index contributed by atoms with van der Waals surface area (Å²) >= 11 is 0. The predicted molar refractivity (Wildman–Crippen MR) is 84.8 cm³/mol. The summed E-state index contributed by atoms with van der Waals surface area (Å²) in [6.45, 7) is -0.860. The number of hydrogen-bond acceptors (Lipinski definition) is 4. The number of ether oxygens (including phenoxy) is 2. The van der Waals surface area contributed by atoms with Gasteiger partial charge in [-0.25, -0.2) is 0 Å². The summed E-state index contributed by atoms with van der Waals surface area (Å²) in [6.07, 6.45) is 2.91. The van der Waals surface area contributed by atoms with E-state index in [1.54, 1.807) is 0 Å². The summed E-state index contributed by atoms with van der Waals surface area (Å²) < 4.78 is 34.0. The Morgan fingerprint density at radius 1 is 1.39 bits per heavy atom. The van der Waals surface area contributed by atoms with Crippen molar-refractivity contribution < 1.29 is 23.0 Å². The van der Waals surface area contributed by atoms with Crippen LogP contribution in [0.15, 0.2) is 29.8 Å². The van der Waals surface area contributed by atoms with Crippen LogP contribution in [0.3, 0.4) is 0 Å². The van der Waals surface area contributed by atoms with Gasteiger partial charge in [0.2, 0.25) is 0 Å². The maximum absolute atomic E-state index is 12.4. The lowest BCUT2D eigenvalue weighted by Crippen LogP contribution is -2.29. The first kappa shape index (κ1) is 19.2. The molecule has 1 aliphatic rings. The number of carbonyl (C=O) groups is 1. The van der Waals surface area contributed by atoms with E-state index in [1.807, 2.05) is 6.08 Å². The van der Waals surface area contributed by atoms with Crippen molar-refractivity contribution >= 4 is 18.3 Å². The van der Waals surface area contributed by atoms with E-state index in [0.717, 1.165) is 25.1 Å². The monoisotopic (exact) mass is 348 g/mol. The lowest BCUT2D eigenvalue weighted by molar-refractivity contribution is -0.0512. The summed E-state index contributed by atoms with van der Waals surface area (Å²) in [5, 5.41) is 5.95. The minimum Gasteiger partial charge on any atom is -0.493 e. The highest BCUT2D eigenvalue weighted by molar-refractivity contribution is 5.95. The van der Waals surface area contributed by atoms with Crippen LogP contribution in [0.5, 0.6) is 11.5 Å². The molecular weight excluding hydrogens is 330 g/mol. The van der Waals surface area contributed by atoms with Crippen LogP contribution in [0.4, 0.5) is 8.78 Å². The number of carbonyl (C=O) groups excluding carboxylic acids is 1. The fraction of sp³-hybridized carbons (Fsp3) is 0.400. The van der Waals surface area contributed by atoms with Crippen molar-refractivity contribution in [3.8, 4) is 11.5 Å². The Kier molecular flexibility index (Phi) is 7.77. The van der Waals surface area contributed by atoms with Gasteiger partial charge in [0.05, 0.1) is 7.11 Å². The summed E-state index contributed by atoms with van der Waals surface area (Å²) in [4.78, 5) is 12.1. The van der Waals surface area contributed by atoms with Gasteiger partial charge in [0, 0.05) is 18.7 Å². The van der Waals surface area contributed by atoms with Crippen molar-refractivity contribution in [2.75, 3.05) is 26.7 Å². The molecule has 1 heterocycles. The van der Waals surface area contributed by atoms with Crippen LogP contribution < -0.4 is 20.1 Å². The Morgan fingerprint density at radius 2 is 2.17 bits per heavy atom. The molecule has 0 fully saturated rings. The van der Waals surface area contributed by atoms with Crippen molar-refractivity contribution in [1.29, 1.82) is 0 Å². The van der Waals surface area contributed by atoms with Crippen LogP contribution in [0.2, 0.25) is 0 Å². The largest absolute Gasteiger partial charge is 0.493 e. The van der Waals surface area contributed by atoms with E-state index in [1.165, 1.54) is 25.3 Å². The van der Waals surface area contributed by atoms with Gasteiger partial charge in [-0.15, -0.1) is 12.4 Å². The molecule has 1 aromatic rings. The molecule has 23 heavy (non-hydrogen) atoms.